The number of hydrogen-bond donors (Lipinski definition) is 1. The lowest BCUT2D eigenvalue weighted by molar-refractivity contribution is -0.134. The molecule has 1 aliphatic rings. The van der Waals surface area contributed by atoms with Gasteiger partial charge in [-0.2, -0.15) is 0 Å². The largest absolute Gasteiger partial charge is 0.361 e. The first-order valence-electron chi connectivity index (χ1n) is 7.94. The van der Waals surface area contributed by atoms with Crippen LogP contribution in [0.2, 0.25) is 0 Å². The first-order chi connectivity index (χ1) is 10.5. The topological polar surface area (TPSA) is 75.4 Å². The van der Waals surface area contributed by atoms with Crippen LogP contribution in [0.4, 0.5) is 0 Å². The van der Waals surface area contributed by atoms with Gasteiger partial charge in [0.25, 0.3) is 0 Å². The van der Waals surface area contributed by atoms with Crippen molar-refractivity contribution in [2.45, 2.75) is 58.9 Å². The van der Waals surface area contributed by atoms with Gasteiger partial charge >= 0.3 is 0 Å². The first kappa shape index (κ1) is 16.5. The predicted molar refractivity (Wildman–Crippen MR) is 82.3 cm³/mol. The summed E-state index contributed by atoms with van der Waals surface area (Å²) in [6, 6.07) is 0.216. The molecule has 1 saturated heterocycles. The molecule has 22 heavy (non-hydrogen) atoms. The number of nitrogens with one attached hydrogen (secondary N) is 1. The van der Waals surface area contributed by atoms with E-state index in [1.807, 2.05) is 18.7 Å². The molecule has 0 spiro atoms. The molecule has 1 aromatic rings. The normalized spacial score (nSPS) is 18.3. The summed E-state index contributed by atoms with van der Waals surface area (Å²) in [4.78, 5) is 25.6. The summed E-state index contributed by atoms with van der Waals surface area (Å²) in [5, 5.41) is 6.72. The number of carbonyl (C=O) groups excluding carboxylic acids is 2. The van der Waals surface area contributed by atoms with Crippen molar-refractivity contribution in [1.29, 1.82) is 0 Å². The quantitative estimate of drug-likeness (QED) is 0.899. The van der Waals surface area contributed by atoms with Crippen LogP contribution in [0.3, 0.4) is 0 Å². The van der Waals surface area contributed by atoms with Gasteiger partial charge in [-0.15, -0.1) is 0 Å². The van der Waals surface area contributed by atoms with Crippen molar-refractivity contribution in [1.82, 2.24) is 15.4 Å². The van der Waals surface area contributed by atoms with Crippen molar-refractivity contribution in [2.75, 3.05) is 13.1 Å². The number of likely N-dealkylation sites (tertiary alicyclic amines) is 1. The number of hydrogen-bond acceptors (Lipinski definition) is 4. The number of aromatic nitrogens is 1. The maximum Gasteiger partial charge on any atom is 0.227 e. The van der Waals surface area contributed by atoms with Crippen LogP contribution >= 0.6 is 0 Å². The van der Waals surface area contributed by atoms with Crippen molar-refractivity contribution in [3.05, 3.63) is 17.0 Å². The Labute approximate surface area is 131 Å². The van der Waals surface area contributed by atoms with Crippen molar-refractivity contribution in [3.63, 3.8) is 0 Å². The van der Waals surface area contributed by atoms with Gasteiger partial charge in [0.05, 0.1) is 12.1 Å². The molecule has 1 aliphatic heterocycles. The summed E-state index contributed by atoms with van der Waals surface area (Å²) in [6.45, 7) is 6.64. The molecule has 1 atom stereocenters. The van der Waals surface area contributed by atoms with E-state index < -0.39 is 0 Å². The van der Waals surface area contributed by atoms with Crippen LogP contribution in [0, 0.1) is 13.8 Å². The highest BCUT2D eigenvalue weighted by Gasteiger charge is 2.27. The van der Waals surface area contributed by atoms with Crippen LogP contribution < -0.4 is 5.32 Å². The lowest BCUT2D eigenvalue weighted by Crippen LogP contribution is -2.45. The number of aryl methyl sites for hydroxylation is 2. The van der Waals surface area contributed by atoms with E-state index in [0.29, 0.717) is 13.0 Å². The van der Waals surface area contributed by atoms with Gasteiger partial charge in [0, 0.05) is 31.6 Å². The number of piperidine rings is 1. The van der Waals surface area contributed by atoms with Gasteiger partial charge in [-0.1, -0.05) is 5.16 Å². The summed E-state index contributed by atoms with van der Waals surface area (Å²) in [5.41, 5.74) is 1.69. The molecule has 2 heterocycles. The molecule has 0 aromatic carbocycles. The molecule has 1 unspecified atom stereocenters. The standard InChI is InChI=1S/C16H25N3O3/c1-11-15(12(2)22-18-11)10-16(21)19-9-5-4-6-14(19)7-8-17-13(3)20/h14H,4-10H2,1-3H3,(H,17,20). The highest BCUT2D eigenvalue weighted by molar-refractivity contribution is 5.79. The summed E-state index contributed by atoms with van der Waals surface area (Å²) in [6.07, 6.45) is 4.35. The molecule has 0 aliphatic carbocycles. The van der Waals surface area contributed by atoms with Crippen LogP contribution in [0.15, 0.2) is 4.52 Å². The monoisotopic (exact) mass is 307 g/mol. The van der Waals surface area contributed by atoms with Crippen LogP contribution in [0.1, 0.15) is 49.6 Å². The van der Waals surface area contributed by atoms with Gasteiger partial charge in [-0.25, -0.2) is 0 Å². The Bertz CT molecular complexity index is 519. The van der Waals surface area contributed by atoms with Crippen LogP contribution in [-0.2, 0) is 16.0 Å². The van der Waals surface area contributed by atoms with Gasteiger partial charge in [0.15, 0.2) is 0 Å². The van der Waals surface area contributed by atoms with Gasteiger partial charge in [-0.05, 0) is 39.5 Å². The van der Waals surface area contributed by atoms with E-state index in [4.69, 9.17) is 4.52 Å². The number of rotatable bonds is 5. The fraction of sp³-hybridized carbons (Fsp3) is 0.688. The molecule has 2 amide bonds. The van der Waals surface area contributed by atoms with E-state index >= 15 is 0 Å². The van der Waals surface area contributed by atoms with Crippen molar-refractivity contribution < 1.29 is 14.1 Å². The van der Waals surface area contributed by atoms with Crippen molar-refractivity contribution >= 4 is 11.8 Å². The van der Waals surface area contributed by atoms with E-state index in [2.05, 4.69) is 10.5 Å². The number of amides is 2. The average Bonchev–Trinajstić information content (AvgIpc) is 2.79. The molecule has 6 heteroatoms. The average molecular weight is 307 g/mol. The zero-order valence-corrected chi connectivity index (χ0v) is 13.6. The van der Waals surface area contributed by atoms with Gasteiger partial charge in [0.2, 0.25) is 11.8 Å². The van der Waals surface area contributed by atoms with Crippen LogP contribution in [0.25, 0.3) is 0 Å². The molecular formula is C16H25N3O3. The fourth-order valence-corrected chi connectivity index (χ4v) is 3.05. The molecule has 0 saturated carbocycles. The zero-order valence-electron chi connectivity index (χ0n) is 13.6. The Morgan fingerprint density at radius 2 is 2.14 bits per heavy atom. The minimum atomic E-state index is -0.0237. The fourth-order valence-electron chi connectivity index (χ4n) is 3.05. The molecule has 0 bridgehead atoms. The second kappa shape index (κ2) is 7.42. The highest BCUT2D eigenvalue weighted by atomic mass is 16.5. The summed E-state index contributed by atoms with van der Waals surface area (Å²) in [7, 11) is 0. The van der Waals surface area contributed by atoms with Crippen molar-refractivity contribution in [2.24, 2.45) is 0 Å². The summed E-state index contributed by atoms with van der Waals surface area (Å²) in [5.74, 6) is 0.823. The van der Waals surface area contributed by atoms with E-state index in [1.54, 1.807) is 0 Å². The number of nitrogens with zero attached hydrogens (tertiary/aromatic N) is 2. The van der Waals surface area contributed by atoms with Gasteiger partial charge < -0.3 is 14.7 Å². The Hall–Kier alpha value is -1.85. The van der Waals surface area contributed by atoms with Crippen LogP contribution in [0.5, 0.6) is 0 Å². The Morgan fingerprint density at radius 3 is 2.77 bits per heavy atom. The third-order valence-electron chi connectivity index (χ3n) is 4.31. The first-order valence-corrected chi connectivity index (χ1v) is 7.94. The molecule has 1 aromatic heterocycles. The lowest BCUT2D eigenvalue weighted by Gasteiger charge is -2.36. The third kappa shape index (κ3) is 4.08. The van der Waals surface area contributed by atoms with E-state index in [-0.39, 0.29) is 17.9 Å². The Morgan fingerprint density at radius 1 is 1.36 bits per heavy atom. The van der Waals surface area contributed by atoms with Gasteiger partial charge in [0.1, 0.15) is 5.76 Å². The maximum atomic E-state index is 12.6. The highest BCUT2D eigenvalue weighted by Crippen LogP contribution is 2.22. The van der Waals surface area contributed by atoms with Crippen molar-refractivity contribution in [3.8, 4) is 0 Å². The van der Waals surface area contributed by atoms with Crippen LogP contribution in [-0.4, -0.2) is 41.0 Å². The van der Waals surface area contributed by atoms with E-state index in [9.17, 15) is 9.59 Å². The van der Waals surface area contributed by atoms with E-state index in [1.165, 1.54) is 6.92 Å². The minimum absolute atomic E-state index is 0.0237. The SMILES string of the molecule is CC(=O)NCCC1CCCCN1C(=O)Cc1c(C)noc1C. The maximum absolute atomic E-state index is 12.6. The Kier molecular flexibility index (Phi) is 5.57. The lowest BCUT2D eigenvalue weighted by atomic mass is 9.98. The molecule has 1 fully saturated rings. The molecule has 0 radical (unpaired) electrons. The molecular weight excluding hydrogens is 282 g/mol. The molecule has 122 valence electrons. The van der Waals surface area contributed by atoms with E-state index in [0.717, 1.165) is 49.2 Å². The predicted octanol–water partition coefficient (Wildman–Crippen LogP) is 1.74. The second-order valence-electron chi connectivity index (χ2n) is 5.99. The summed E-state index contributed by atoms with van der Waals surface area (Å²) >= 11 is 0. The summed E-state index contributed by atoms with van der Waals surface area (Å²) < 4.78 is 5.13. The molecule has 6 nitrogen and oxygen atoms in total. The Balaban J connectivity index is 1.97. The van der Waals surface area contributed by atoms with Gasteiger partial charge in [-0.3, -0.25) is 9.59 Å². The second-order valence-corrected chi connectivity index (χ2v) is 5.99. The minimum Gasteiger partial charge on any atom is -0.361 e. The molecule has 1 N–H and O–H groups in total. The number of carbonyl (C=O) groups is 2. The zero-order chi connectivity index (χ0) is 16.1. The third-order valence-corrected chi connectivity index (χ3v) is 4.31. The smallest absolute Gasteiger partial charge is 0.227 e. The molecule has 2 rings (SSSR count).